The highest BCUT2D eigenvalue weighted by molar-refractivity contribution is 5.85. The van der Waals surface area contributed by atoms with Gasteiger partial charge in [-0.25, -0.2) is 0 Å². The van der Waals surface area contributed by atoms with Gasteiger partial charge in [-0.3, -0.25) is 20.2 Å². The molecule has 17 heavy (non-hydrogen) atoms. The molecule has 2 rings (SSSR count). The van der Waals surface area contributed by atoms with Crippen molar-refractivity contribution in [3.63, 3.8) is 0 Å². The summed E-state index contributed by atoms with van der Waals surface area (Å²) in [7, 11) is 0. The number of nitro groups is 2. The zero-order valence-corrected chi connectivity index (χ0v) is 9.38. The molecule has 0 N–H and O–H groups in total. The van der Waals surface area contributed by atoms with Gasteiger partial charge in [0.15, 0.2) is 0 Å². The molecule has 1 heterocycles. The molecule has 7 nitrogen and oxygen atoms in total. The standard InChI is InChI=1S/C9H8N2O5.ClH/c12-10(13)6-1-2-7(9-3-4-16-9)8(5-6)11(14)15;/h1-2,5-6H,3-4H2;1H/b9-7-;. The van der Waals surface area contributed by atoms with Gasteiger partial charge < -0.3 is 4.74 Å². The molecule has 0 spiro atoms. The van der Waals surface area contributed by atoms with E-state index in [1.54, 1.807) is 0 Å². The van der Waals surface area contributed by atoms with Crippen molar-refractivity contribution < 1.29 is 14.6 Å². The molecule has 1 fully saturated rings. The Balaban J connectivity index is 0.00000144. The Morgan fingerprint density at radius 1 is 1.35 bits per heavy atom. The largest absolute Gasteiger partial charge is 0.496 e. The lowest BCUT2D eigenvalue weighted by Crippen LogP contribution is -2.22. The second kappa shape index (κ2) is 4.96. The smallest absolute Gasteiger partial charge is 0.283 e. The summed E-state index contributed by atoms with van der Waals surface area (Å²) in [5.41, 5.74) is 0.0910. The number of hydrogen-bond donors (Lipinski definition) is 0. The average molecular weight is 261 g/mol. The number of rotatable bonds is 2. The normalized spacial score (nSPS) is 26.1. The molecule has 1 unspecified atom stereocenters. The monoisotopic (exact) mass is 260 g/mol. The number of hydrogen-bond acceptors (Lipinski definition) is 5. The summed E-state index contributed by atoms with van der Waals surface area (Å²) in [5.74, 6) is 0.529. The zero-order chi connectivity index (χ0) is 11.7. The predicted molar refractivity (Wildman–Crippen MR) is 59.8 cm³/mol. The highest BCUT2D eigenvalue weighted by atomic mass is 35.5. The second-order valence-corrected chi connectivity index (χ2v) is 3.38. The van der Waals surface area contributed by atoms with Gasteiger partial charge in [-0.2, -0.15) is 0 Å². The third-order valence-corrected chi connectivity index (χ3v) is 2.41. The molecule has 1 saturated heterocycles. The van der Waals surface area contributed by atoms with Crippen molar-refractivity contribution in [2.24, 2.45) is 0 Å². The van der Waals surface area contributed by atoms with E-state index in [1.807, 2.05) is 0 Å². The van der Waals surface area contributed by atoms with E-state index in [0.29, 0.717) is 24.4 Å². The molecule has 0 aromatic rings. The summed E-state index contributed by atoms with van der Waals surface area (Å²) >= 11 is 0. The fourth-order valence-corrected chi connectivity index (χ4v) is 1.53. The molecule has 0 aromatic heterocycles. The zero-order valence-electron chi connectivity index (χ0n) is 8.57. The van der Waals surface area contributed by atoms with Gasteiger partial charge in [0, 0.05) is 11.3 Å². The van der Waals surface area contributed by atoms with E-state index in [-0.39, 0.29) is 18.1 Å². The van der Waals surface area contributed by atoms with E-state index in [9.17, 15) is 20.2 Å². The van der Waals surface area contributed by atoms with Crippen LogP contribution in [-0.4, -0.2) is 22.5 Å². The van der Waals surface area contributed by atoms with Crippen LogP contribution in [0, 0.1) is 20.2 Å². The van der Waals surface area contributed by atoms with Gasteiger partial charge in [0.2, 0.25) is 0 Å². The maximum Gasteiger partial charge on any atom is 0.283 e. The SMILES string of the molecule is Cl.O=[N+]([O-])C1=CC([N+](=O)[O-])C=C/C1=C1\CCO1. The molecule has 0 bridgehead atoms. The molecule has 0 saturated carbocycles. The molecular weight excluding hydrogens is 252 g/mol. The van der Waals surface area contributed by atoms with Crippen LogP contribution in [0.3, 0.4) is 0 Å². The molecule has 1 aliphatic heterocycles. The van der Waals surface area contributed by atoms with Crippen LogP contribution in [0.2, 0.25) is 0 Å². The third kappa shape index (κ3) is 2.44. The molecule has 8 heteroatoms. The quantitative estimate of drug-likeness (QED) is 0.553. The first-order valence-corrected chi connectivity index (χ1v) is 4.64. The highest BCUT2D eigenvalue weighted by Crippen LogP contribution is 2.29. The predicted octanol–water partition coefficient (Wildman–Crippen LogP) is 1.46. The molecule has 2 aliphatic rings. The fourth-order valence-electron chi connectivity index (χ4n) is 1.53. The molecule has 0 radical (unpaired) electrons. The molecular formula is C9H9ClN2O5. The molecule has 92 valence electrons. The van der Waals surface area contributed by atoms with E-state index in [2.05, 4.69) is 0 Å². The first kappa shape index (κ1) is 13.2. The summed E-state index contributed by atoms with van der Waals surface area (Å²) in [4.78, 5) is 20.1. The lowest BCUT2D eigenvalue weighted by molar-refractivity contribution is -0.499. The van der Waals surface area contributed by atoms with E-state index in [1.165, 1.54) is 12.2 Å². The van der Waals surface area contributed by atoms with Crippen LogP contribution in [0.15, 0.2) is 35.3 Å². The Morgan fingerprint density at radius 2 is 2.00 bits per heavy atom. The maximum atomic E-state index is 10.8. The van der Waals surface area contributed by atoms with Crippen LogP contribution >= 0.6 is 12.4 Å². The van der Waals surface area contributed by atoms with Crippen molar-refractivity contribution in [2.45, 2.75) is 12.5 Å². The van der Waals surface area contributed by atoms with Crippen LogP contribution < -0.4 is 0 Å². The van der Waals surface area contributed by atoms with E-state index in [0.717, 1.165) is 6.08 Å². The van der Waals surface area contributed by atoms with Gasteiger partial charge >= 0.3 is 0 Å². The Bertz CT molecular complexity index is 448. The Kier molecular flexibility index (Phi) is 3.84. The lowest BCUT2D eigenvalue weighted by Gasteiger charge is -2.22. The third-order valence-electron chi connectivity index (χ3n) is 2.41. The number of ether oxygens (including phenoxy) is 1. The summed E-state index contributed by atoms with van der Waals surface area (Å²) < 4.78 is 5.06. The Hall–Kier alpha value is -1.89. The first-order chi connectivity index (χ1) is 7.59. The maximum absolute atomic E-state index is 10.8. The minimum atomic E-state index is -1.13. The topological polar surface area (TPSA) is 95.5 Å². The van der Waals surface area contributed by atoms with Gasteiger partial charge in [-0.1, -0.05) is 0 Å². The van der Waals surface area contributed by atoms with Crippen molar-refractivity contribution in [3.8, 4) is 0 Å². The Labute approximate surface area is 102 Å². The van der Waals surface area contributed by atoms with Crippen molar-refractivity contribution in [1.29, 1.82) is 0 Å². The van der Waals surface area contributed by atoms with E-state index >= 15 is 0 Å². The van der Waals surface area contributed by atoms with E-state index in [4.69, 9.17) is 4.74 Å². The molecule has 1 aliphatic carbocycles. The molecule has 0 amide bonds. The van der Waals surface area contributed by atoms with Gasteiger partial charge in [0.25, 0.3) is 11.7 Å². The van der Waals surface area contributed by atoms with Gasteiger partial charge in [-0.15, -0.1) is 12.4 Å². The summed E-state index contributed by atoms with van der Waals surface area (Å²) in [5, 5.41) is 21.3. The van der Waals surface area contributed by atoms with Crippen LogP contribution in [0.25, 0.3) is 0 Å². The van der Waals surface area contributed by atoms with Crippen LogP contribution in [-0.2, 0) is 4.74 Å². The van der Waals surface area contributed by atoms with Crippen molar-refractivity contribution >= 4 is 12.4 Å². The van der Waals surface area contributed by atoms with Gasteiger partial charge in [0.1, 0.15) is 5.76 Å². The van der Waals surface area contributed by atoms with E-state index < -0.39 is 15.9 Å². The highest BCUT2D eigenvalue weighted by Gasteiger charge is 2.31. The van der Waals surface area contributed by atoms with Crippen LogP contribution in [0.1, 0.15) is 6.42 Å². The summed E-state index contributed by atoms with van der Waals surface area (Å²) in [6, 6.07) is -1.13. The molecule has 1 atom stereocenters. The van der Waals surface area contributed by atoms with Gasteiger partial charge in [-0.05, 0) is 12.2 Å². The van der Waals surface area contributed by atoms with Crippen molar-refractivity contribution in [3.05, 3.63) is 55.5 Å². The molecule has 0 aromatic carbocycles. The Morgan fingerprint density at radius 3 is 2.41 bits per heavy atom. The van der Waals surface area contributed by atoms with Gasteiger partial charge in [0.05, 0.1) is 23.2 Å². The minimum Gasteiger partial charge on any atom is -0.496 e. The van der Waals surface area contributed by atoms with Crippen LogP contribution in [0.4, 0.5) is 0 Å². The minimum absolute atomic E-state index is 0. The summed E-state index contributed by atoms with van der Waals surface area (Å²) in [6.45, 7) is 0.538. The second-order valence-electron chi connectivity index (χ2n) is 3.38. The first-order valence-electron chi connectivity index (χ1n) is 4.64. The summed E-state index contributed by atoms with van der Waals surface area (Å²) in [6.07, 6.45) is 4.37. The van der Waals surface area contributed by atoms with Crippen molar-refractivity contribution in [2.75, 3.05) is 6.61 Å². The number of allylic oxidation sites excluding steroid dienone is 1. The van der Waals surface area contributed by atoms with Crippen molar-refractivity contribution in [1.82, 2.24) is 0 Å². The number of halogens is 1. The van der Waals surface area contributed by atoms with Crippen LogP contribution in [0.5, 0.6) is 0 Å². The average Bonchev–Trinajstić information content (AvgIpc) is 2.14. The lowest BCUT2D eigenvalue weighted by atomic mass is 9.99. The number of nitrogens with zero attached hydrogens (tertiary/aromatic N) is 2. The fraction of sp³-hybridized carbons (Fsp3) is 0.333.